The third-order valence-electron chi connectivity index (χ3n) is 3.65. The van der Waals surface area contributed by atoms with Gasteiger partial charge in [0.15, 0.2) is 0 Å². The molecule has 1 heterocycles. The highest BCUT2D eigenvalue weighted by Gasteiger charge is 2.30. The molecule has 2 unspecified atom stereocenters. The van der Waals surface area contributed by atoms with Crippen LogP contribution in [0.5, 0.6) is 0 Å². The molecular weight excluding hydrogens is 231 g/mol. The number of benzene rings is 1. The smallest absolute Gasteiger partial charge is 0.257 e. The summed E-state index contributed by atoms with van der Waals surface area (Å²) in [7, 11) is 0. The monoisotopic (exact) mass is 250 g/mol. The molecule has 0 aromatic heterocycles. The normalized spacial score (nSPS) is 24.1. The summed E-state index contributed by atoms with van der Waals surface area (Å²) in [6, 6.07) is 4.57. The van der Waals surface area contributed by atoms with E-state index in [4.69, 9.17) is 5.73 Å². The molecule has 0 spiro atoms. The Labute approximate surface area is 107 Å². The number of amides is 1. The number of carbonyl (C=O) groups excluding carboxylic acids is 1. The van der Waals surface area contributed by atoms with Crippen LogP contribution in [0.3, 0.4) is 0 Å². The van der Waals surface area contributed by atoms with E-state index in [-0.39, 0.29) is 23.6 Å². The fourth-order valence-electron chi connectivity index (χ4n) is 2.67. The Morgan fingerprint density at radius 2 is 1.94 bits per heavy atom. The second-order valence-electron chi connectivity index (χ2n) is 5.08. The molecule has 0 saturated carbocycles. The number of nitrogen functional groups attached to an aromatic ring is 1. The lowest BCUT2D eigenvalue weighted by Crippen LogP contribution is -2.47. The summed E-state index contributed by atoms with van der Waals surface area (Å²) < 4.78 is 13.8. The Hall–Kier alpha value is -1.58. The summed E-state index contributed by atoms with van der Waals surface area (Å²) in [6.45, 7) is 4.03. The van der Waals surface area contributed by atoms with E-state index in [2.05, 4.69) is 0 Å². The first-order chi connectivity index (χ1) is 8.50. The highest BCUT2D eigenvalue weighted by molar-refractivity contribution is 5.95. The van der Waals surface area contributed by atoms with Gasteiger partial charge in [0.05, 0.1) is 5.56 Å². The summed E-state index contributed by atoms with van der Waals surface area (Å²) in [4.78, 5) is 14.2. The van der Waals surface area contributed by atoms with Crippen LogP contribution in [0, 0.1) is 5.82 Å². The van der Waals surface area contributed by atoms with Gasteiger partial charge < -0.3 is 10.6 Å². The van der Waals surface area contributed by atoms with Crippen LogP contribution in [-0.2, 0) is 0 Å². The summed E-state index contributed by atoms with van der Waals surface area (Å²) in [5.74, 6) is -0.767. The minimum Gasteiger partial charge on any atom is -0.399 e. The van der Waals surface area contributed by atoms with Gasteiger partial charge in [0.25, 0.3) is 5.91 Å². The number of nitrogens with zero attached hydrogens (tertiary/aromatic N) is 1. The molecule has 4 heteroatoms. The van der Waals surface area contributed by atoms with Crippen LogP contribution in [0.25, 0.3) is 0 Å². The Kier molecular flexibility index (Phi) is 3.55. The fourth-order valence-corrected chi connectivity index (χ4v) is 2.67. The highest BCUT2D eigenvalue weighted by atomic mass is 19.1. The lowest BCUT2D eigenvalue weighted by Gasteiger charge is -2.39. The van der Waals surface area contributed by atoms with Crippen LogP contribution in [0.15, 0.2) is 18.2 Å². The first-order valence-electron chi connectivity index (χ1n) is 6.38. The van der Waals surface area contributed by atoms with E-state index in [9.17, 15) is 9.18 Å². The van der Waals surface area contributed by atoms with Crippen LogP contribution in [-0.4, -0.2) is 22.9 Å². The average molecular weight is 250 g/mol. The number of likely N-dealkylation sites (tertiary alicyclic amines) is 1. The second-order valence-corrected chi connectivity index (χ2v) is 5.08. The van der Waals surface area contributed by atoms with E-state index in [1.807, 2.05) is 13.8 Å². The number of anilines is 1. The van der Waals surface area contributed by atoms with E-state index in [1.54, 1.807) is 11.0 Å². The third kappa shape index (κ3) is 2.33. The predicted octanol–water partition coefficient (Wildman–Crippen LogP) is 2.81. The Bertz CT molecular complexity index is 451. The summed E-state index contributed by atoms with van der Waals surface area (Å²) in [5.41, 5.74) is 5.95. The van der Waals surface area contributed by atoms with Crippen molar-refractivity contribution in [3.8, 4) is 0 Å². The number of halogens is 1. The van der Waals surface area contributed by atoms with E-state index in [0.29, 0.717) is 5.69 Å². The number of hydrogen-bond acceptors (Lipinski definition) is 2. The lowest BCUT2D eigenvalue weighted by atomic mass is 9.96. The van der Waals surface area contributed by atoms with Gasteiger partial charge in [-0.25, -0.2) is 4.39 Å². The van der Waals surface area contributed by atoms with Crippen LogP contribution < -0.4 is 5.73 Å². The maximum Gasteiger partial charge on any atom is 0.257 e. The number of hydrogen-bond donors (Lipinski definition) is 1. The first kappa shape index (κ1) is 12.9. The maximum atomic E-state index is 13.8. The molecule has 1 aliphatic rings. The van der Waals surface area contributed by atoms with Crippen LogP contribution >= 0.6 is 0 Å². The van der Waals surface area contributed by atoms with Gasteiger partial charge in [-0.15, -0.1) is 0 Å². The van der Waals surface area contributed by atoms with Crippen molar-refractivity contribution < 1.29 is 9.18 Å². The minimum atomic E-state index is -0.537. The van der Waals surface area contributed by atoms with Crippen molar-refractivity contribution in [1.82, 2.24) is 4.90 Å². The maximum absolute atomic E-state index is 13.8. The summed E-state index contributed by atoms with van der Waals surface area (Å²) in [6.07, 6.45) is 3.08. The molecule has 0 bridgehead atoms. The van der Waals surface area contributed by atoms with Crippen molar-refractivity contribution in [2.45, 2.75) is 45.2 Å². The van der Waals surface area contributed by atoms with Gasteiger partial charge in [-0.2, -0.15) is 0 Å². The number of nitrogens with two attached hydrogens (primary N) is 1. The molecule has 18 heavy (non-hydrogen) atoms. The van der Waals surface area contributed by atoms with E-state index in [0.717, 1.165) is 19.3 Å². The number of rotatable bonds is 1. The number of carbonyl (C=O) groups is 1. The van der Waals surface area contributed by atoms with Crippen molar-refractivity contribution in [3.05, 3.63) is 29.6 Å². The second kappa shape index (κ2) is 4.96. The largest absolute Gasteiger partial charge is 0.399 e. The van der Waals surface area contributed by atoms with E-state index in [1.165, 1.54) is 12.1 Å². The van der Waals surface area contributed by atoms with Crippen molar-refractivity contribution in [3.63, 3.8) is 0 Å². The molecule has 0 aliphatic carbocycles. The molecule has 98 valence electrons. The molecule has 1 fully saturated rings. The molecule has 1 amide bonds. The zero-order valence-corrected chi connectivity index (χ0v) is 10.8. The minimum absolute atomic E-state index is 0.116. The zero-order chi connectivity index (χ0) is 13.3. The first-order valence-corrected chi connectivity index (χ1v) is 6.38. The van der Waals surface area contributed by atoms with Gasteiger partial charge in [0, 0.05) is 17.8 Å². The van der Waals surface area contributed by atoms with Crippen molar-refractivity contribution in [2.24, 2.45) is 0 Å². The quantitative estimate of drug-likeness (QED) is 0.779. The summed E-state index contributed by atoms with van der Waals surface area (Å²) >= 11 is 0. The van der Waals surface area contributed by atoms with Gasteiger partial charge in [0.2, 0.25) is 0 Å². The highest BCUT2D eigenvalue weighted by Crippen LogP contribution is 2.25. The Morgan fingerprint density at radius 1 is 1.33 bits per heavy atom. The topological polar surface area (TPSA) is 46.3 Å². The van der Waals surface area contributed by atoms with Crippen molar-refractivity contribution >= 4 is 11.6 Å². The predicted molar refractivity (Wildman–Crippen MR) is 69.8 cm³/mol. The third-order valence-corrected chi connectivity index (χ3v) is 3.65. The van der Waals surface area contributed by atoms with Crippen LogP contribution in [0.4, 0.5) is 10.1 Å². The van der Waals surface area contributed by atoms with Gasteiger partial charge in [-0.3, -0.25) is 4.79 Å². The summed E-state index contributed by atoms with van der Waals surface area (Å²) in [5, 5.41) is 0. The van der Waals surface area contributed by atoms with E-state index >= 15 is 0 Å². The molecule has 2 rings (SSSR count). The van der Waals surface area contributed by atoms with E-state index < -0.39 is 5.82 Å². The molecule has 1 saturated heterocycles. The molecular formula is C14H19FN2O. The standard InChI is InChI=1S/C14H19FN2O/c1-9-4-3-5-10(2)17(9)14(18)12-7-6-11(16)8-13(12)15/h6-10H,3-5,16H2,1-2H3. The molecule has 1 aliphatic heterocycles. The number of piperidine rings is 1. The zero-order valence-electron chi connectivity index (χ0n) is 10.8. The molecule has 2 N–H and O–H groups in total. The van der Waals surface area contributed by atoms with Gasteiger partial charge in [-0.05, 0) is 51.3 Å². The van der Waals surface area contributed by atoms with Crippen molar-refractivity contribution in [1.29, 1.82) is 0 Å². The average Bonchev–Trinajstić information content (AvgIpc) is 2.28. The molecule has 0 radical (unpaired) electrons. The van der Waals surface area contributed by atoms with Crippen molar-refractivity contribution in [2.75, 3.05) is 5.73 Å². The fraction of sp³-hybridized carbons (Fsp3) is 0.500. The lowest BCUT2D eigenvalue weighted by molar-refractivity contribution is 0.0506. The van der Waals surface area contributed by atoms with Gasteiger partial charge in [0.1, 0.15) is 5.82 Å². The molecule has 1 aromatic rings. The van der Waals surface area contributed by atoms with Crippen LogP contribution in [0.1, 0.15) is 43.5 Å². The van der Waals surface area contributed by atoms with Gasteiger partial charge in [-0.1, -0.05) is 0 Å². The molecule has 3 nitrogen and oxygen atoms in total. The van der Waals surface area contributed by atoms with Gasteiger partial charge >= 0.3 is 0 Å². The molecule has 2 atom stereocenters. The van der Waals surface area contributed by atoms with Crippen LogP contribution in [0.2, 0.25) is 0 Å². The molecule has 1 aromatic carbocycles. The Balaban J connectivity index is 2.29. The Morgan fingerprint density at radius 3 is 2.50 bits per heavy atom. The SMILES string of the molecule is CC1CCCC(C)N1C(=O)c1ccc(N)cc1F.